The van der Waals surface area contributed by atoms with Crippen molar-refractivity contribution in [3.05, 3.63) is 65.5 Å². The van der Waals surface area contributed by atoms with Crippen molar-refractivity contribution < 1.29 is 27.5 Å². The highest BCUT2D eigenvalue weighted by atomic mass is 19.4. The molecule has 0 unspecified atom stereocenters. The number of ether oxygens (including phenoxy) is 1. The van der Waals surface area contributed by atoms with Gasteiger partial charge in [0.2, 0.25) is 11.9 Å². The summed E-state index contributed by atoms with van der Waals surface area (Å²) in [6, 6.07) is 13.6. The first kappa shape index (κ1) is 26.9. The van der Waals surface area contributed by atoms with Gasteiger partial charge in [0.05, 0.1) is 12.8 Å². The second-order valence-corrected chi connectivity index (χ2v) is 10.2. The zero-order valence-electron chi connectivity index (χ0n) is 22.5. The number of hydrogen-bond acceptors (Lipinski definition) is 6. The van der Waals surface area contributed by atoms with Gasteiger partial charge in [0.25, 0.3) is 5.91 Å². The van der Waals surface area contributed by atoms with E-state index in [0.29, 0.717) is 49.1 Å². The summed E-state index contributed by atoms with van der Waals surface area (Å²) in [7, 11) is 1.49. The van der Waals surface area contributed by atoms with Crippen molar-refractivity contribution in [2.45, 2.75) is 38.3 Å². The summed E-state index contributed by atoms with van der Waals surface area (Å²) < 4.78 is 48.0. The lowest BCUT2D eigenvalue weighted by molar-refractivity contribution is -0.142. The molecular formula is C29H29F3N6O3. The van der Waals surface area contributed by atoms with Crippen LogP contribution in [0.4, 0.5) is 24.5 Å². The molecule has 1 aromatic heterocycles. The summed E-state index contributed by atoms with van der Waals surface area (Å²) in [5, 5.41) is 3.85. The normalized spacial score (nSPS) is 18.0. The van der Waals surface area contributed by atoms with Gasteiger partial charge < -0.3 is 14.5 Å². The number of rotatable bonds is 4. The number of aromatic nitrogens is 2. The van der Waals surface area contributed by atoms with E-state index >= 15 is 0 Å². The van der Waals surface area contributed by atoms with Crippen LogP contribution < -0.4 is 14.5 Å². The van der Waals surface area contributed by atoms with Gasteiger partial charge in [0, 0.05) is 49.5 Å². The summed E-state index contributed by atoms with van der Waals surface area (Å²) in [5.74, 6) is 0.692. The molecule has 4 heterocycles. The number of carbonyl (C=O) groups is 2. The first-order chi connectivity index (χ1) is 19.8. The predicted molar refractivity (Wildman–Crippen MR) is 147 cm³/mol. The molecule has 1 saturated heterocycles. The Balaban J connectivity index is 1.31. The highest BCUT2D eigenvalue weighted by Crippen LogP contribution is 2.37. The molecule has 3 aromatic rings. The van der Waals surface area contributed by atoms with E-state index in [2.05, 4.69) is 10.1 Å². The highest BCUT2D eigenvalue weighted by molar-refractivity contribution is 6.08. The van der Waals surface area contributed by atoms with Crippen molar-refractivity contribution in [1.29, 1.82) is 0 Å². The maximum Gasteiger partial charge on any atom is 0.435 e. The van der Waals surface area contributed by atoms with Crippen molar-refractivity contribution in [1.82, 2.24) is 14.7 Å². The second kappa shape index (κ2) is 10.6. The van der Waals surface area contributed by atoms with Gasteiger partial charge in [-0.15, -0.1) is 0 Å². The molecule has 2 amide bonds. The maximum atomic E-state index is 13.9. The first-order valence-electron chi connectivity index (χ1n) is 13.6. The topological polar surface area (TPSA) is 83.3 Å². The summed E-state index contributed by atoms with van der Waals surface area (Å²) >= 11 is 0. The molecule has 1 fully saturated rings. The Bertz CT molecular complexity index is 1500. The monoisotopic (exact) mass is 566 g/mol. The summed E-state index contributed by atoms with van der Waals surface area (Å²) in [6.07, 6.45) is -1.53. The fourth-order valence-corrected chi connectivity index (χ4v) is 5.64. The third-order valence-corrected chi connectivity index (χ3v) is 7.67. The van der Waals surface area contributed by atoms with Crippen molar-refractivity contribution in [3.63, 3.8) is 0 Å². The Hall–Kier alpha value is -4.35. The zero-order chi connectivity index (χ0) is 28.7. The lowest BCUT2D eigenvalue weighted by atomic mass is 10.0. The quantitative estimate of drug-likeness (QED) is 0.458. The van der Waals surface area contributed by atoms with E-state index in [1.807, 2.05) is 17.0 Å². The molecule has 0 saturated carbocycles. The number of fused-ring (bicyclic) bond motifs is 1. The molecule has 9 nitrogen and oxygen atoms in total. The van der Waals surface area contributed by atoms with Crippen LogP contribution in [0.2, 0.25) is 0 Å². The van der Waals surface area contributed by atoms with Gasteiger partial charge >= 0.3 is 6.18 Å². The van der Waals surface area contributed by atoms with Crippen LogP contribution in [-0.4, -0.2) is 65.7 Å². The van der Waals surface area contributed by atoms with Gasteiger partial charge in [0.1, 0.15) is 11.4 Å². The van der Waals surface area contributed by atoms with Gasteiger partial charge in [-0.05, 0) is 74.2 Å². The molecule has 0 spiro atoms. The number of amides is 2. The number of alkyl halides is 3. The number of halogens is 3. The van der Waals surface area contributed by atoms with Crippen LogP contribution in [0.3, 0.4) is 0 Å². The number of aliphatic imine (C=N–C) groups is 1. The van der Waals surface area contributed by atoms with Crippen LogP contribution in [-0.2, 0) is 17.4 Å². The number of guanidine groups is 1. The predicted octanol–water partition coefficient (Wildman–Crippen LogP) is 4.68. The molecule has 0 radical (unpaired) electrons. The Morgan fingerprint density at radius 3 is 2.10 bits per heavy atom. The van der Waals surface area contributed by atoms with Gasteiger partial charge in [-0.25, -0.2) is 4.68 Å². The van der Waals surface area contributed by atoms with Crippen LogP contribution in [0.15, 0.2) is 53.5 Å². The molecular weight excluding hydrogens is 537 g/mol. The molecule has 3 aliphatic heterocycles. The molecule has 41 heavy (non-hydrogen) atoms. The Morgan fingerprint density at radius 2 is 1.44 bits per heavy atom. The minimum atomic E-state index is -4.70. The fourth-order valence-electron chi connectivity index (χ4n) is 5.64. The largest absolute Gasteiger partial charge is 0.497 e. The van der Waals surface area contributed by atoms with Crippen LogP contribution in [0.1, 0.15) is 47.4 Å². The number of likely N-dealkylation sites (tertiary alicyclic amines) is 1. The average molecular weight is 567 g/mol. The maximum absolute atomic E-state index is 13.9. The Morgan fingerprint density at radius 1 is 0.780 bits per heavy atom. The number of anilines is 2. The number of piperidine rings is 1. The van der Waals surface area contributed by atoms with Crippen molar-refractivity contribution in [3.8, 4) is 11.4 Å². The van der Waals surface area contributed by atoms with E-state index in [-0.39, 0.29) is 30.1 Å². The zero-order valence-corrected chi connectivity index (χ0v) is 22.5. The van der Waals surface area contributed by atoms with E-state index in [9.17, 15) is 22.8 Å². The molecule has 214 valence electrons. The summed E-state index contributed by atoms with van der Waals surface area (Å²) in [6.45, 7) is 2.08. The van der Waals surface area contributed by atoms with Crippen LogP contribution in [0, 0.1) is 0 Å². The van der Waals surface area contributed by atoms with Crippen molar-refractivity contribution in [2.75, 3.05) is 43.1 Å². The van der Waals surface area contributed by atoms with Crippen molar-refractivity contribution >= 4 is 29.1 Å². The smallest absolute Gasteiger partial charge is 0.435 e. The summed E-state index contributed by atoms with van der Waals surface area (Å²) in [4.78, 5) is 36.2. The SMILES string of the molecule is COc1ccc(-n2nc(C(F)(F)F)c3c2C(=O)N(c2ccc(N4CCCN=C4N4CCCCC4=O)cc2)CC3)cc1. The molecule has 12 heteroatoms. The van der Waals surface area contributed by atoms with Gasteiger partial charge in [-0.1, -0.05) is 0 Å². The van der Waals surface area contributed by atoms with E-state index < -0.39 is 17.8 Å². The van der Waals surface area contributed by atoms with Gasteiger partial charge in [-0.3, -0.25) is 19.5 Å². The Kier molecular flexibility index (Phi) is 6.92. The molecule has 0 aliphatic carbocycles. The third-order valence-electron chi connectivity index (χ3n) is 7.67. The molecule has 6 rings (SSSR count). The minimum absolute atomic E-state index is 0.00776. The average Bonchev–Trinajstić information content (AvgIpc) is 3.39. The third kappa shape index (κ3) is 4.91. The minimum Gasteiger partial charge on any atom is -0.497 e. The van der Waals surface area contributed by atoms with E-state index in [0.717, 1.165) is 29.6 Å². The molecule has 0 atom stereocenters. The molecule has 0 bridgehead atoms. The molecule has 0 N–H and O–H groups in total. The fraction of sp³-hybridized carbons (Fsp3) is 0.379. The molecule has 3 aliphatic rings. The standard InChI is InChI=1S/C29H29F3N6O3/c1-41-22-12-10-21(11-13-22)38-25-23(26(34-38)29(30,31)32)14-18-35(27(25)40)19-6-8-20(9-7-19)36-17-4-15-33-28(36)37-16-3-2-5-24(37)39/h6-13H,2-5,14-18H2,1H3. The number of carbonyl (C=O) groups excluding carboxylic acids is 2. The van der Waals surface area contributed by atoms with Crippen LogP contribution in [0.25, 0.3) is 5.69 Å². The Labute approximate surface area is 234 Å². The lowest BCUT2D eigenvalue weighted by Crippen LogP contribution is -2.51. The van der Waals surface area contributed by atoms with Crippen molar-refractivity contribution in [2.24, 2.45) is 4.99 Å². The summed E-state index contributed by atoms with van der Waals surface area (Å²) in [5.41, 5.74) is 0.463. The van der Waals surface area contributed by atoms with E-state index in [1.165, 1.54) is 12.0 Å². The van der Waals surface area contributed by atoms with E-state index in [4.69, 9.17) is 4.74 Å². The second-order valence-electron chi connectivity index (χ2n) is 10.2. The van der Waals surface area contributed by atoms with Gasteiger partial charge in [-0.2, -0.15) is 18.3 Å². The van der Waals surface area contributed by atoms with Crippen LogP contribution in [0.5, 0.6) is 5.75 Å². The number of methoxy groups -OCH3 is 1. The number of nitrogens with zero attached hydrogens (tertiary/aromatic N) is 6. The molecule has 2 aromatic carbocycles. The first-order valence-corrected chi connectivity index (χ1v) is 13.6. The number of hydrogen-bond donors (Lipinski definition) is 0. The lowest BCUT2D eigenvalue weighted by Gasteiger charge is -2.37. The number of benzene rings is 2. The van der Waals surface area contributed by atoms with Gasteiger partial charge in [0.15, 0.2) is 5.69 Å². The van der Waals surface area contributed by atoms with E-state index in [1.54, 1.807) is 41.3 Å². The van der Waals surface area contributed by atoms with Crippen LogP contribution >= 0.6 is 0 Å². The highest BCUT2D eigenvalue weighted by Gasteiger charge is 2.43.